The van der Waals surface area contributed by atoms with Gasteiger partial charge in [-0.15, -0.1) is 0 Å². The van der Waals surface area contributed by atoms with Crippen molar-refractivity contribution in [2.45, 2.75) is 38.0 Å². The van der Waals surface area contributed by atoms with E-state index < -0.39 is 11.3 Å². The molecule has 0 aliphatic rings. The molecule has 2 aromatic heterocycles. The molecule has 23 heavy (non-hydrogen) atoms. The first-order chi connectivity index (χ1) is 10.9. The SMILES string of the molecule is CC(C)(CC(O)(F)Cc1cc2ccccc2[nH]1)c1ccccn1. The minimum Gasteiger partial charge on any atom is -0.361 e. The standard InChI is InChI=1S/C19H21FN2O/c1-18(2,17-9-5-6-10-21-17)13-19(20,23)12-15-11-14-7-3-4-8-16(14)22-15/h3-11,22-23H,12-13H2,1-2H3. The van der Waals surface area contributed by atoms with Crippen LogP contribution in [-0.4, -0.2) is 20.9 Å². The summed E-state index contributed by atoms with van der Waals surface area (Å²) in [5.41, 5.74) is 1.85. The van der Waals surface area contributed by atoms with Gasteiger partial charge in [-0.2, -0.15) is 0 Å². The summed E-state index contributed by atoms with van der Waals surface area (Å²) in [5.74, 6) is -2.30. The Hall–Kier alpha value is -2.20. The van der Waals surface area contributed by atoms with Crippen LogP contribution in [0.25, 0.3) is 10.9 Å². The maximum atomic E-state index is 14.8. The number of alkyl halides is 1. The number of hydrogen-bond acceptors (Lipinski definition) is 2. The van der Waals surface area contributed by atoms with E-state index in [-0.39, 0.29) is 12.8 Å². The van der Waals surface area contributed by atoms with E-state index in [1.54, 1.807) is 6.20 Å². The smallest absolute Gasteiger partial charge is 0.213 e. The molecule has 4 heteroatoms. The maximum Gasteiger partial charge on any atom is 0.213 e. The third kappa shape index (κ3) is 3.59. The van der Waals surface area contributed by atoms with Crippen molar-refractivity contribution in [3.05, 3.63) is 66.1 Å². The molecular weight excluding hydrogens is 291 g/mol. The minimum absolute atomic E-state index is 0.0214. The van der Waals surface area contributed by atoms with Gasteiger partial charge < -0.3 is 10.1 Å². The fraction of sp³-hybridized carbons (Fsp3) is 0.316. The van der Waals surface area contributed by atoms with Gasteiger partial charge in [0.1, 0.15) is 0 Å². The predicted octanol–water partition coefficient (Wildman–Crippen LogP) is 4.13. The summed E-state index contributed by atoms with van der Waals surface area (Å²) in [5, 5.41) is 11.3. The van der Waals surface area contributed by atoms with Crippen molar-refractivity contribution >= 4 is 10.9 Å². The molecule has 1 unspecified atom stereocenters. The molecule has 0 saturated heterocycles. The lowest BCUT2D eigenvalue weighted by Gasteiger charge is -2.30. The molecule has 1 atom stereocenters. The van der Waals surface area contributed by atoms with Gasteiger partial charge in [-0.3, -0.25) is 4.98 Å². The Kier molecular flexibility index (Phi) is 3.94. The molecule has 2 N–H and O–H groups in total. The van der Waals surface area contributed by atoms with E-state index in [1.165, 1.54) is 0 Å². The van der Waals surface area contributed by atoms with E-state index in [1.807, 2.05) is 62.4 Å². The summed E-state index contributed by atoms with van der Waals surface area (Å²) < 4.78 is 14.8. The number of aromatic nitrogens is 2. The summed E-state index contributed by atoms with van der Waals surface area (Å²) >= 11 is 0. The lowest BCUT2D eigenvalue weighted by Crippen LogP contribution is -2.35. The van der Waals surface area contributed by atoms with Crippen molar-refractivity contribution in [1.29, 1.82) is 0 Å². The molecule has 3 nitrogen and oxygen atoms in total. The van der Waals surface area contributed by atoms with Crippen LogP contribution >= 0.6 is 0 Å². The monoisotopic (exact) mass is 312 g/mol. The number of para-hydroxylation sites is 1. The number of H-pyrrole nitrogens is 1. The fourth-order valence-corrected chi connectivity index (χ4v) is 3.11. The van der Waals surface area contributed by atoms with Crippen molar-refractivity contribution in [3.63, 3.8) is 0 Å². The molecule has 0 aliphatic heterocycles. The Morgan fingerprint density at radius 3 is 2.57 bits per heavy atom. The molecule has 0 bridgehead atoms. The highest BCUT2D eigenvalue weighted by atomic mass is 19.2. The molecule has 1 aromatic carbocycles. The van der Waals surface area contributed by atoms with Crippen LogP contribution in [0.4, 0.5) is 4.39 Å². The number of fused-ring (bicyclic) bond motifs is 1. The first kappa shape index (κ1) is 15.7. The molecule has 0 saturated carbocycles. The number of halogens is 1. The Bertz CT molecular complexity index is 760. The maximum absolute atomic E-state index is 14.8. The zero-order chi connectivity index (χ0) is 16.5. The fourth-order valence-electron chi connectivity index (χ4n) is 3.11. The van der Waals surface area contributed by atoms with Gasteiger partial charge in [0.25, 0.3) is 0 Å². The molecule has 0 spiro atoms. The molecule has 3 rings (SSSR count). The largest absolute Gasteiger partial charge is 0.361 e. The van der Waals surface area contributed by atoms with Crippen LogP contribution in [0.5, 0.6) is 0 Å². The number of nitrogens with one attached hydrogen (secondary N) is 1. The summed E-state index contributed by atoms with van der Waals surface area (Å²) in [6, 6.07) is 15.2. The van der Waals surface area contributed by atoms with Crippen molar-refractivity contribution in [1.82, 2.24) is 9.97 Å². The van der Waals surface area contributed by atoms with Crippen LogP contribution in [0.3, 0.4) is 0 Å². The third-order valence-electron chi connectivity index (χ3n) is 4.12. The van der Waals surface area contributed by atoms with Crippen molar-refractivity contribution in [3.8, 4) is 0 Å². The Labute approximate surface area is 135 Å². The number of nitrogens with zero attached hydrogens (tertiary/aromatic N) is 1. The van der Waals surface area contributed by atoms with Crippen molar-refractivity contribution in [2.75, 3.05) is 0 Å². The minimum atomic E-state index is -2.30. The van der Waals surface area contributed by atoms with Gasteiger partial charge in [0.05, 0.1) is 0 Å². The topological polar surface area (TPSA) is 48.9 Å². The number of hydrogen-bond donors (Lipinski definition) is 2. The summed E-state index contributed by atoms with van der Waals surface area (Å²) in [6.07, 6.45) is 1.59. The Morgan fingerprint density at radius 1 is 1.13 bits per heavy atom. The number of aromatic amines is 1. The predicted molar refractivity (Wildman–Crippen MR) is 89.9 cm³/mol. The quantitative estimate of drug-likeness (QED) is 0.744. The van der Waals surface area contributed by atoms with E-state index in [9.17, 15) is 9.50 Å². The average Bonchev–Trinajstić information content (AvgIpc) is 2.88. The Balaban J connectivity index is 1.78. The molecule has 0 fully saturated rings. The lowest BCUT2D eigenvalue weighted by atomic mass is 9.81. The second-order valence-corrected chi connectivity index (χ2v) is 6.75. The van der Waals surface area contributed by atoms with E-state index in [0.717, 1.165) is 16.6 Å². The number of aliphatic hydroxyl groups is 1. The lowest BCUT2D eigenvalue weighted by molar-refractivity contribution is -0.106. The average molecular weight is 312 g/mol. The van der Waals surface area contributed by atoms with Crippen molar-refractivity contribution < 1.29 is 9.50 Å². The second-order valence-electron chi connectivity index (χ2n) is 6.75. The van der Waals surface area contributed by atoms with Crippen LogP contribution in [-0.2, 0) is 11.8 Å². The van der Waals surface area contributed by atoms with Crippen LogP contribution in [0.2, 0.25) is 0 Å². The third-order valence-corrected chi connectivity index (χ3v) is 4.12. The zero-order valence-electron chi connectivity index (χ0n) is 13.4. The molecule has 2 heterocycles. The van der Waals surface area contributed by atoms with Gasteiger partial charge in [0.15, 0.2) is 0 Å². The molecule has 0 aliphatic carbocycles. The summed E-state index contributed by atoms with van der Waals surface area (Å²) in [7, 11) is 0. The van der Waals surface area contributed by atoms with Crippen LogP contribution < -0.4 is 0 Å². The van der Waals surface area contributed by atoms with Gasteiger partial charge >= 0.3 is 0 Å². The van der Waals surface area contributed by atoms with Crippen molar-refractivity contribution in [2.24, 2.45) is 0 Å². The molecule has 0 amide bonds. The van der Waals surface area contributed by atoms with Crippen LogP contribution in [0.15, 0.2) is 54.7 Å². The molecule has 0 radical (unpaired) electrons. The number of benzene rings is 1. The first-order valence-corrected chi connectivity index (χ1v) is 7.75. The highest BCUT2D eigenvalue weighted by molar-refractivity contribution is 5.80. The number of rotatable bonds is 5. The first-order valence-electron chi connectivity index (χ1n) is 7.75. The normalized spacial score (nSPS) is 14.8. The second kappa shape index (κ2) is 5.78. The highest BCUT2D eigenvalue weighted by Gasteiger charge is 2.36. The highest BCUT2D eigenvalue weighted by Crippen LogP contribution is 2.34. The molecular formula is C19H21FN2O. The van der Waals surface area contributed by atoms with Gasteiger partial charge in [0.2, 0.25) is 5.85 Å². The van der Waals surface area contributed by atoms with E-state index in [2.05, 4.69) is 9.97 Å². The van der Waals surface area contributed by atoms with E-state index in [4.69, 9.17) is 0 Å². The van der Waals surface area contributed by atoms with E-state index >= 15 is 0 Å². The molecule has 120 valence electrons. The molecule has 3 aromatic rings. The zero-order valence-corrected chi connectivity index (χ0v) is 13.4. The number of pyridine rings is 1. The van der Waals surface area contributed by atoms with Gasteiger partial charge in [-0.1, -0.05) is 38.1 Å². The van der Waals surface area contributed by atoms with Crippen LogP contribution in [0, 0.1) is 0 Å². The summed E-state index contributed by atoms with van der Waals surface area (Å²) in [6.45, 7) is 3.79. The van der Waals surface area contributed by atoms with Gasteiger partial charge in [-0.25, -0.2) is 4.39 Å². The Morgan fingerprint density at radius 2 is 1.87 bits per heavy atom. The summed E-state index contributed by atoms with van der Waals surface area (Å²) in [4.78, 5) is 7.45. The van der Waals surface area contributed by atoms with Gasteiger partial charge in [-0.05, 0) is 29.7 Å². The van der Waals surface area contributed by atoms with Crippen LogP contribution in [0.1, 0.15) is 31.7 Å². The van der Waals surface area contributed by atoms with E-state index in [0.29, 0.717) is 5.69 Å². The van der Waals surface area contributed by atoms with Gasteiger partial charge in [0, 0.05) is 41.4 Å².